The van der Waals surface area contributed by atoms with Crippen molar-refractivity contribution in [3.05, 3.63) is 11.7 Å². The molecule has 0 aliphatic carbocycles. The molecule has 4 nitrogen and oxygen atoms in total. The summed E-state index contributed by atoms with van der Waals surface area (Å²) in [5.74, 6) is 1.62. The van der Waals surface area contributed by atoms with E-state index < -0.39 is 0 Å². The monoisotopic (exact) mass is 239 g/mol. The van der Waals surface area contributed by atoms with Crippen LogP contribution in [0.15, 0.2) is 4.52 Å². The molecule has 0 unspecified atom stereocenters. The van der Waals surface area contributed by atoms with E-state index in [1.165, 1.54) is 6.42 Å². The summed E-state index contributed by atoms with van der Waals surface area (Å²) in [5.41, 5.74) is 0. The number of hydrogen-bond donors (Lipinski definition) is 0. The standard InChI is InChI=1S/C13H25N3O/c1-4-7-8-12-14-13(17-15-12)11-16(9-5-2)10-6-3/h4-11H2,1-3H3. The third kappa shape index (κ3) is 5.31. The van der Waals surface area contributed by atoms with Gasteiger partial charge in [0, 0.05) is 6.42 Å². The Bertz CT molecular complexity index is 293. The topological polar surface area (TPSA) is 42.2 Å². The largest absolute Gasteiger partial charge is 0.338 e. The highest BCUT2D eigenvalue weighted by molar-refractivity contribution is 4.86. The zero-order chi connectivity index (χ0) is 12.5. The van der Waals surface area contributed by atoms with Gasteiger partial charge in [-0.15, -0.1) is 0 Å². The van der Waals surface area contributed by atoms with Crippen LogP contribution in [0.25, 0.3) is 0 Å². The van der Waals surface area contributed by atoms with Crippen molar-refractivity contribution in [1.82, 2.24) is 15.0 Å². The van der Waals surface area contributed by atoms with E-state index in [1.54, 1.807) is 0 Å². The van der Waals surface area contributed by atoms with Crippen molar-refractivity contribution in [3.63, 3.8) is 0 Å². The Kier molecular flexibility index (Phi) is 6.86. The molecule has 0 N–H and O–H groups in total. The van der Waals surface area contributed by atoms with Gasteiger partial charge in [0.15, 0.2) is 5.82 Å². The summed E-state index contributed by atoms with van der Waals surface area (Å²) in [6, 6.07) is 0. The van der Waals surface area contributed by atoms with Crippen molar-refractivity contribution in [2.24, 2.45) is 0 Å². The van der Waals surface area contributed by atoms with Crippen molar-refractivity contribution >= 4 is 0 Å². The Morgan fingerprint density at radius 1 is 1.06 bits per heavy atom. The van der Waals surface area contributed by atoms with Crippen LogP contribution in [-0.2, 0) is 13.0 Å². The number of rotatable bonds is 9. The molecule has 1 aromatic rings. The van der Waals surface area contributed by atoms with Crippen LogP contribution in [0, 0.1) is 0 Å². The maximum Gasteiger partial charge on any atom is 0.240 e. The maximum absolute atomic E-state index is 5.28. The summed E-state index contributed by atoms with van der Waals surface area (Å²) in [6.07, 6.45) is 5.56. The first-order valence-electron chi connectivity index (χ1n) is 6.83. The normalized spacial score (nSPS) is 11.3. The molecule has 0 saturated heterocycles. The van der Waals surface area contributed by atoms with Gasteiger partial charge in [0.05, 0.1) is 6.54 Å². The van der Waals surface area contributed by atoms with Crippen LogP contribution in [-0.4, -0.2) is 28.1 Å². The number of hydrogen-bond acceptors (Lipinski definition) is 4. The first-order chi connectivity index (χ1) is 8.30. The summed E-state index contributed by atoms with van der Waals surface area (Å²) in [7, 11) is 0. The van der Waals surface area contributed by atoms with Crippen molar-refractivity contribution in [2.75, 3.05) is 13.1 Å². The van der Waals surface area contributed by atoms with Gasteiger partial charge < -0.3 is 4.52 Å². The van der Waals surface area contributed by atoms with Crippen LogP contribution < -0.4 is 0 Å². The average Bonchev–Trinajstić information content (AvgIpc) is 2.75. The van der Waals surface area contributed by atoms with Gasteiger partial charge in [-0.05, 0) is 32.4 Å². The molecular weight excluding hydrogens is 214 g/mol. The maximum atomic E-state index is 5.28. The third-order valence-electron chi connectivity index (χ3n) is 2.70. The Labute approximate surface area is 104 Å². The van der Waals surface area contributed by atoms with Crippen LogP contribution in [0.1, 0.15) is 58.2 Å². The van der Waals surface area contributed by atoms with Gasteiger partial charge >= 0.3 is 0 Å². The van der Waals surface area contributed by atoms with Crippen molar-refractivity contribution in [2.45, 2.75) is 59.4 Å². The lowest BCUT2D eigenvalue weighted by atomic mass is 10.2. The van der Waals surface area contributed by atoms with Gasteiger partial charge in [-0.3, -0.25) is 4.90 Å². The van der Waals surface area contributed by atoms with Gasteiger partial charge in [0.1, 0.15) is 0 Å². The predicted octanol–water partition coefficient (Wildman–Crippen LogP) is 3.03. The second-order valence-corrected chi connectivity index (χ2v) is 4.48. The summed E-state index contributed by atoms with van der Waals surface area (Å²) in [5, 5.41) is 4.01. The van der Waals surface area contributed by atoms with E-state index in [0.29, 0.717) is 0 Å². The molecule has 1 heterocycles. The fourth-order valence-electron chi connectivity index (χ4n) is 1.88. The lowest BCUT2D eigenvalue weighted by molar-refractivity contribution is 0.226. The summed E-state index contributed by atoms with van der Waals surface area (Å²) in [6.45, 7) is 9.55. The molecule has 0 amide bonds. The van der Waals surface area contributed by atoms with E-state index in [1.807, 2.05) is 0 Å². The SMILES string of the molecule is CCCCc1noc(CN(CCC)CCC)n1. The molecule has 0 fully saturated rings. The predicted molar refractivity (Wildman–Crippen MR) is 68.8 cm³/mol. The zero-order valence-corrected chi connectivity index (χ0v) is 11.4. The number of nitrogens with zero attached hydrogens (tertiary/aromatic N) is 3. The second kappa shape index (κ2) is 8.23. The molecule has 0 bridgehead atoms. The smallest absolute Gasteiger partial charge is 0.240 e. The molecule has 0 spiro atoms. The van der Waals surface area contributed by atoms with Crippen LogP contribution in [0.4, 0.5) is 0 Å². The molecule has 0 atom stereocenters. The number of unbranched alkanes of at least 4 members (excludes halogenated alkanes) is 1. The molecule has 0 aromatic carbocycles. The average molecular weight is 239 g/mol. The molecule has 0 aliphatic heterocycles. The molecule has 0 saturated carbocycles. The van der Waals surface area contributed by atoms with Gasteiger partial charge in [-0.1, -0.05) is 32.3 Å². The quantitative estimate of drug-likeness (QED) is 0.664. The molecule has 0 aliphatic rings. The van der Waals surface area contributed by atoms with Gasteiger partial charge in [0.25, 0.3) is 0 Å². The second-order valence-electron chi connectivity index (χ2n) is 4.48. The van der Waals surface area contributed by atoms with E-state index in [4.69, 9.17) is 4.52 Å². The summed E-state index contributed by atoms with van der Waals surface area (Å²) in [4.78, 5) is 6.80. The van der Waals surface area contributed by atoms with Crippen LogP contribution in [0.5, 0.6) is 0 Å². The molecule has 98 valence electrons. The van der Waals surface area contributed by atoms with Gasteiger partial charge in [0.2, 0.25) is 5.89 Å². The molecule has 4 heteroatoms. The number of aromatic nitrogens is 2. The van der Waals surface area contributed by atoms with Gasteiger partial charge in [-0.2, -0.15) is 4.98 Å². The Balaban J connectivity index is 2.45. The van der Waals surface area contributed by atoms with Crippen LogP contribution in [0.2, 0.25) is 0 Å². The Morgan fingerprint density at radius 3 is 2.35 bits per heavy atom. The minimum absolute atomic E-state index is 0.762. The molecular formula is C13H25N3O. The van der Waals surface area contributed by atoms with Crippen LogP contribution >= 0.6 is 0 Å². The molecule has 1 aromatic heterocycles. The molecule has 17 heavy (non-hydrogen) atoms. The highest BCUT2D eigenvalue weighted by Crippen LogP contribution is 2.06. The van der Waals surface area contributed by atoms with E-state index in [9.17, 15) is 0 Å². The lowest BCUT2D eigenvalue weighted by Crippen LogP contribution is -2.25. The van der Waals surface area contributed by atoms with Crippen LogP contribution in [0.3, 0.4) is 0 Å². The minimum Gasteiger partial charge on any atom is -0.338 e. The van der Waals surface area contributed by atoms with E-state index in [-0.39, 0.29) is 0 Å². The molecule has 1 rings (SSSR count). The Hall–Kier alpha value is -0.900. The zero-order valence-electron chi connectivity index (χ0n) is 11.4. The van der Waals surface area contributed by atoms with E-state index >= 15 is 0 Å². The Morgan fingerprint density at radius 2 is 1.76 bits per heavy atom. The highest BCUT2D eigenvalue weighted by atomic mass is 16.5. The summed E-state index contributed by atoms with van der Waals surface area (Å²) < 4.78 is 5.28. The highest BCUT2D eigenvalue weighted by Gasteiger charge is 2.10. The minimum atomic E-state index is 0.762. The fourth-order valence-corrected chi connectivity index (χ4v) is 1.88. The van der Waals surface area contributed by atoms with Crippen molar-refractivity contribution < 1.29 is 4.52 Å². The first-order valence-corrected chi connectivity index (χ1v) is 6.83. The fraction of sp³-hybridized carbons (Fsp3) is 0.846. The van der Waals surface area contributed by atoms with E-state index in [0.717, 1.165) is 57.0 Å². The first kappa shape index (κ1) is 14.2. The third-order valence-corrected chi connectivity index (χ3v) is 2.70. The van der Waals surface area contributed by atoms with Crippen molar-refractivity contribution in [1.29, 1.82) is 0 Å². The lowest BCUT2D eigenvalue weighted by Gasteiger charge is -2.18. The van der Waals surface area contributed by atoms with Gasteiger partial charge in [-0.25, -0.2) is 0 Å². The van der Waals surface area contributed by atoms with E-state index in [2.05, 4.69) is 35.8 Å². The summed E-state index contributed by atoms with van der Waals surface area (Å²) >= 11 is 0. The van der Waals surface area contributed by atoms with Crippen molar-refractivity contribution in [3.8, 4) is 0 Å². The number of aryl methyl sites for hydroxylation is 1. The molecule has 0 radical (unpaired) electrons.